The van der Waals surface area contributed by atoms with E-state index in [1.54, 1.807) is 0 Å². The first kappa shape index (κ1) is 9.96. The van der Waals surface area contributed by atoms with Gasteiger partial charge in [-0.15, -0.1) is 0 Å². The zero-order chi connectivity index (χ0) is 5.15. The second-order valence-corrected chi connectivity index (χ2v) is 1.11. The predicted molar refractivity (Wildman–Crippen MR) is 21.4 cm³/mol. The first-order valence-corrected chi connectivity index (χ1v) is 1.66. The molecule has 0 rings (SSSR count). The van der Waals surface area contributed by atoms with Gasteiger partial charge in [0.05, 0.1) is 0 Å². The van der Waals surface area contributed by atoms with Crippen LogP contribution in [0.15, 0.2) is 0 Å². The third-order valence-corrected chi connectivity index (χ3v) is 0.496. The van der Waals surface area contributed by atoms with Crippen LogP contribution in [0, 0.1) is 0 Å². The van der Waals surface area contributed by atoms with Crippen LogP contribution in [0.3, 0.4) is 0 Å². The summed E-state index contributed by atoms with van der Waals surface area (Å²) >= 11 is 0. The summed E-state index contributed by atoms with van der Waals surface area (Å²) in [7, 11) is 0. The van der Waals surface area contributed by atoms with E-state index in [9.17, 15) is 9.59 Å². The predicted octanol–water partition coefficient (Wildman–Crippen LogP) is 0.162. The second kappa shape index (κ2) is 4.02. The number of ketones is 2. The van der Waals surface area contributed by atoms with E-state index >= 15 is 0 Å². The number of rotatable bonds is 1. The Labute approximate surface area is 52.5 Å². The fraction of sp³-hybridized carbons (Fsp3) is 0.500. The molecule has 1 radical (unpaired) electrons. The molecule has 0 saturated carbocycles. The molecule has 0 amide bonds. The first-order chi connectivity index (χ1) is 2.64. The summed E-state index contributed by atoms with van der Waals surface area (Å²) in [6.07, 6.45) is 0. The Morgan fingerprint density at radius 3 is 1.14 bits per heavy atom. The van der Waals surface area contributed by atoms with Gasteiger partial charge in [0.25, 0.3) is 0 Å². The van der Waals surface area contributed by atoms with Gasteiger partial charge in [-0.2, -0.15) is 0 Å². The van der Waals surface area contributed by atoms with Crippen molar-refractivity contribution in [3.05, 3.63) is 0 Å². The Bertz CT molecular complexity index is 75.7. The molecule has 0 unspecified atom stereocenters. The largest absolute Gasteiger partial charge is 0.291 e. The molecule has 0 aromatic heterocycles. The van der Waals surface area contributed by atoms with Crippen molar-refractivity contribution >= 4 is 11.6 Å². The molecule has 0 aromatic rings. The molecule has 0 aliphatic carbocycles. The Hall–Kier alpha value is -0.154. The Morgan fingerprint density at radius 1 is 1.00 bits per heavy atom. The van der Waals surface area contributed by atoms with Gasteiger partial charge in [0.1, 0.15) is 0 Å². The average Bonchev–Trinajstić information content (AvgIpc) is 1.36. The topological polar surface area (TPSA) is 34.1 Å². The van der Waals surface area contributed by atoms with Gasteiger partial charge in [-0.25, -0.2) is 0 Å². The van der Waals surface area contributed by atoms with Gasteiger partial charge < -0.3 is 0 Å². The summed E-state index contributed by atoms with van der Waals surface area (Å²) in [6.45, 7) is 2.50. The van der Waals surface area contributed by atoms with Crippen LogP contribution in [0.5, 0.6) is 0 Å². The summed E-state index contributed by atoms with van der Waals surface area (Å²) in [5, 5.41) is 0. The molecule has 3 heteroatoms. The van der Waals surface area contributed by atoms with Crippen LogP contribution in [0.1, 0.15) is 13.8 Å². The van der Waals surface area contributed by atoms with Crippen LogP contribution in [-0.2, 0) is 26.4 Å². The van der Waals surface area contributed by atoms with Gasteiger partial charge in [-0.1, -0.05) is 0 Å². The number of carbonyl (C=O) groups is 2. The van der Waals surface area contributed by atoms with Crippen LogP contribution in [0.25, 0.3) is 0 Å². The van der Waals surface area contributed by atoms with E-state index in [-0.39, 0.29) is 28.3 Å². The Morgan fingerprint density at radius 2 is 1.14 bits per heavy atom. The van der Waals surface area contributed by atoms with Gasteiger partial charge in [-0.3, -0.25) is 9.59 Å². The van der Waals surface area contributed by atoms with Crippen LogP contribution < -0.4 is 0 Å². The minimum Gasteiger partial charge on any atom is -0.291 e. The molecule has 0 atom stereocenters. The first-order valence-electron chi connectivity index (χ1n) is 1.66. The van der Waals surface area contributed by atoms with Crippen molar-refractivity contribution in [2.24, 2.45) is 0 Å². The second-order valence-electron chi connectivity index (χ2n) is 1.11. The summed E-state index contributed by atoms with van der Waals surface area (Å²) in [4.78, 5) is 19.6. The molecule has 0 saturated heterocycles. The third kappa shape index (κ3) is 5.85. The van der Waals surface area contributed by atoms with Crippen molar-refractivity contribution in [1.29, 1.82) is 0 Å². The van der Waals surface area contributed by atoms with Gasteiger partial charge in [-0.05, 0) is 0 Å². The van der Waals surface area contributed by atoms with E-state index in [1.165, 1.54) is 13.8 Å². The van der Waals surface area contributed by atoms with E-state index in [0.717, 1.165) is 0 Å². The molecule has 0 fully saturated rings. The van der Waals surface area contributed by atoms with Crippen LogP contribution in [0.2, 0.25) is 0 Å². The molecule has 0 N–H and O–H groups in total. The normalized spacial score (nSPS) is 6.57. The number of hydrogen-bond donors (Lipinski definition) is 0. The average molecular weight is 145 g/mol. The number of hydrogen-bond acceptors (Lipinski definition) is 2. The molecule has 0 spiro atoms. The maximum atomic E-state index is 9.79. The maximum Gasteiger partial charge on any atom is 0.195 e. The molecule has 7 heavy (non-hydrogen) atoms. The maximum absolute atomic E-state index is 9.79. The van der Waals surface area contributed by atoms with Crippen molar-refractivity contribution in [2.45, 2.75) is 13.8 Å². The molecule has 0 aliphatic heterocycles. The van der Waals surface area contributed by atoms with E-state index in [2.05, 4.69) is 0 Å². The minimum atomic E-state index is -0.380. The van der Waals surface area contributed by atoms with Crippen LogP contribution in [-0.4, -0.2) is 11.6 Å². The van der Waals surface area contributed by atoms with Gasteiger partial charge >= 0.3 is 0 Å². The van der Waals surface area contributed by atoms with Crippen molar-refractivity contribution < 1.29 is 26.4 Å². The van der Waals surface area contributed by atoms with E-state index in [4.69, 9.17) is 0 Å². The van der Waals surface area contributed by atoms with Crippen LogP contribution >= 0.6 is 0 Å². The molecular formula is C4H6CoO2. The fourth-order valence-electron chi connectivity index (χ4n) is 0. The summed E-state index contributed by atoms with van der Waals surface area (Å²) in [6, 6.07) is 0. The molecule has 0 aliphatic rings. The molecular weight excluding hydrogens is 139 g/mol. The zero-order valence-electron chi connectivity index (χ0n) is 4.15. The van der Waals surface area contributed by atoms with E-state index in [0.29, 0.717) is 0 Å². The molecule has 2 nitrogen and oxygen atoms in total. The summed E-state index contributed by atoms with van der Waals surface area (Å²) in [5.41, 5.74) is 0. The standard InChI is InChI=1S/C4H6O2.Co/c1-3(5)4(2)6;/h1-2H3;. The molecule has 0 bridgehead atoms. The number of Topliss-reactive ketones (excluding diaryl/α,β-unsaturated/α-hetero) is 2. The SMILES string of the molecule is CC(=O)C(C)=O.[Co]. The monoisotopic (exact) mass is 145 g/mol. The summed E-state index contributed by atoms with van der Waals surface area (Å²) in [5.74, 6) is -0.759. The Balaban J connectivity index is 0. The van der Waals surface area contributed by atoms with Crippen molar-refractivity contribution in [1.82, 2.24) is 0 Å². The van der Waals surface area contributed by atoms with Crippen molar-refractivity contribution in [2.75, 3.05) is 0 Å². The molecule has 43 valence electrons. The van der Waals surface area contributed by atoms with Crippen molar-refractivity contribution in [3.63, 3.8) is 0 Å². The van der Waals surface area contributed by atoms with Crippen molar-refractivity contribution in [3.8, 4) is 0 Å². The smallest absolute Gasteiger partial charge is 0.195 e. The van der Waals surface area contributed by atoms with Gasteiger partial charge in [0.15, 0.2) is 11.6 Å². The quantitative estimate of drug-likeness (QED) is 0.492. The minimum absolute atomic E-state index is 0. The molecule has 0 heterocycles. The van der Waals surface area contributed by atoms with Gasteiger partial charge in [0, 0.05) is 30.6 Å². The number of carbonyl (C=O) groups excluding carboxylic acids is 2. The summed E-state index contributed by atoms with van der Waals surface area (Å²) < 4.78 is 0. The van der Waals surface area contributed by atoms with E-state index < -0.39 is 0 Å². The van der Waals surface area contributed by atoms with Crippen LogP contribution in [0.4, 0.5) is 0 Å². The third-order valence-electron chi connectivity index (χ3n) is 0.496. The molecule has 0 aromatic carbocycles. The zero-order valence-corrected chi connectivity index (χ0v) is 5.19. The van der Waals surface area contributed by atoms with Gasteiger partial charge in [0.2, 0.25) is 0 Å². The van der Waals surface area contributed by atoms with E-state index in [1.807, 2.05) is 0 Å². The Kier molecular flexibility index (Phi) is 5.72. The fourth-order valence-corrected chi connectivity index (χ4v) is 0.